The van der Waals surface area contributed by atoms with Gasteiger partial charge in [-0.05, 0) is 42.0 Å². The summed E-state index contributed by atoms with van der Waals surface area (Å²) in [6, 6.07) is 16.6. The third-order valence-electron chi connectivity index (χ3n) is 6.40. The Morgan fingerprint density at radius 1 is 0.971 bits per heavy atom. The minimum Gasteiger partial charge on any atom is -0.393 e. The predicted molar refractivity (Wildman–Crippen MR) is 145 cm³/mol. The molecule has 6 nitrogen and oxygen atoms in total. The molecule has 0 amide bonds. The lowest BCUT2D eigenvalue weighted by Crippen LogP contribution is -2.37. The maximum absolute atomic E-state index is 9.93. The van der Waals surface area contributed by atoms with Gasteiger partial charge in [0.05, 0.1) is 12.3 Å². The van der Waals surface area contributed by atoms with E-state index >= 15 is 0 Å². The van der Waals surface area contributed by atoms with Crippen molar-refractivity contribution in [2.45, 2.75) is 44.1 Å². The Morgan fingerprint density at radius 3 is 2.43 bits per heavy atom. The molecule has 0 radical (unpaired) electrons. The van der Waals surface area contributed by atoms with Crippen molar-refractivity contribution in [1.29, 1.82) is 0 Å². The lowest BCUT2D eigenvalue weighted by molar-refractivity contribution is 0.0832. The molecule has 1 aliphatic heterocycles. The van der Waals surface area contributed by atoms with Crippen LogP contribution in [0.25, 0.3) is 27.9 Å². The van der Waals surface area contributed by atoms with Crippen molar-refractivity contribution in [3.63, 3.8) is 0 Å². The second kappa shape index (κ2) is 11.8. The molecule has 1 saturated heterocycles. The van der Waals surface area contributed by atoms with Crippen LogP contribution in [-0.4, -0.2) is 61.2 Å². The topological polar surface area (TPSA) is 73.9 Å². The summed E-state index contributed by atoms with van der Waals surface area (Å²) in [6.07, 6.45) is 10.2. The Bertz CT molecular complexity index is 1230. The molecule has 7 heteroatoms. The number of hydrogen-bond donors (Lipinski definition) is 2. The number of piperidine rings is 1. The van der Waals surface area contributed by atoms with E-state index in [4.69, 9.17) is 4.98 Å². The van der Waals surface area contributed by atoms with Crippen LogP contribution in [0, 0.1) is 0 Å². The van der Waals surface area contributed by atoms with E-state index in [1.54, 1.807) is 6.26 Å². The molecule has 1 aliphatic rings. The minimum atomic E-state index is -0.780. The zero-order valence-electron chi connectivity index (χ0n) is 20.8. The molecule has 4 aromatic rings. The Labute approximate surface area is 210 Å². The predicted octanol–water partition coefficient (Wildman–Crippen LogP) is 5.17. The van der Waals surface area contributed by atoms with Gasteiger partial charge in [-0.3, -0.25) is 0 Å². The van der Waals surface area contributed by atoms with Gasteiger partial charge in [0.2, 0.25) is 0 Å². The second-order valence-corrected chi connectivity index (χ2v) is 10.1. The summed E-state index contributed by atoms with van der Waals surface area (Å²) in [5, 5.41) is 14.2. The molecule has 0 aliphatic carbocycles. The normalized spacial score (nSPS) is 15.6. The van der Waals surface area contributed by atoms with Crippen LogP contribution in [-0.2, 0) is 17.6 Å². The SMILES string of the molecule is CC.C[S+](O)c1cccc(-c2cnn3cc(-c4ccc(CCN5CCC(O)CC5)cc4)cnc23)c1. The number of nitrogens with zero attached hydrogens (tertiary/aromatic N) is 4. The lowest BCUT2D eigenvalue weighted by atomic mass is 10.0. The zero-order valence-corrected chi connectivity index (χ0v) is 21.6. The van der Waals surface area contributed by atoms with Crippen LogP contribution < -0.4 is 0 Å². The Morgan fingerprint density at radius 2 is 1.71 bits per heavy atom. The number of aliphatic hydroxyl groups excluding tert-OH is 1. The molecule has 184 valence electrons. The molecule has 2 aromatic heterocycles. The monoisotopic (exact) mass is 491 g/mol. The van der Waals surface area contributed by atoms with Gasteiger partial charge in [-0.25, -0.2) is 9.50 Å². The van der Waals surface area contributed by atoms with E-state index in [9.17, 15) is 9.66 Å². The molecule has 0 saturated carbocycles. The van der Waals surface area contributed by atoms with Crippen molar-refractivity contribution < 1.29 is 9.66 Å². The van der Waals surface area contributed by atoms with Crippen LogP contribution in [0.2, 0.25) is 0 Å². The van der Waals surface area contributed by atoms with E-state index in [0.717, 1.165) is 71.7 Å². The van der Waals surface area contributed by atoms with Crippen molar-refractivity contribution in [3.8, 4) is 22.3 Å². The van der Waals surface area contributed by atoms with Crippen molar-refractivity contribution >= 4 is 16.8 Å². The van der Waals surface area contributed by atoms with Crippen molar-refractivity contribution in [2.24, 2.45) is 0 Å². The van der Waals surface area contributed by atoms with Crippen LogP contribution in [0.15, 0.2) is 72.0 Å². The molecular weight excluding hydrogens is 456 g/mol. The van der Waals surface area contributed by atoms with E-state index in [1.807, 2.05) is 61.2 Å². The van der Waals surface area contributed by atoms with Gasteiger partial charge in [0.25, 0.3) is 0 Å². The fourth-order valence-electron chi connectivity index (χ4n) is 4.37. The molecular formula is C28H35N4O2S+. The number of rotatable bonds is 6. The maximum atomic E-state index is 9.93. The quantitative estimate of drug-likeness (QED) is 0.364. The first-order chi connectivity index (χ1) is 17.1. The van der Waals surface area contributed by atoms with Gasteiger partial charge in [-0.1, -0.05) is 50.2 Å². The van der Waals surface area contributed by atoms with Gasteiger partial charge in [0, 0.05) is 49.2 Å². The van der Waals surface area contributed by atoms with Gasteiger partial charge < -0.3 is 10.0 Å². The first kappa shape index (κ1) is 25.4. The molecule has 1 unspecified atom stereocenters. The highest BCUT2D eigenvalue weighted by molar-refractivity contribution is 7.90. The third-order valence-corrected chi connectivity index (χ3v) is 7.34. The molecule has 5 rings (SSSR count). The first-order valence-corrected chi connectivity index (χ1v) is 13.9. The van der Waals surface area contributed by atoms with Crippen molar-refractivity contribution in [3.05, 3.63) is 72.7 Å². The summed E-state index contributed by atoms with van der Waals surface area (Å²) in [7, 11) is 0. The van der Waals surface area contributed by atoms with Crippen LogP contribution in [0.1, 0.15) is 32.3 Å². The van der Waals surface area contributed by atoms with E-state index in [-0.39, 0.29) is 6.10 Å². The summed E-state index contributed by atoms with van der Waals surface area (Å²) in [4.78, 5) is 8.05. The van der Waals surface area contributed by atoms with Crippen LogP contribution in [0.3, 0.4) is 0 Å². The Hall–Kier alpha value is -2.71. The second-order valence-electron chi connectivity index (χ2n) is 8.69. The highest BCUT2D eigenvalue weighted by Gasteiger charge is 2.17. The molecule has 3 heterocycles. The number of hydrogen-bond acceptors (Lipinski definition) is 5. The van der Waals surface area contributed by atoms with Crippen LogP contribution in [0.5, 0.6) is 0 Å². The summed E-state index contributed by atoms with van der Waals surface area (Å²) in [5.74, 6) is 0. The number of likely N-dealkylation sites (tertiary alicyclic amines) is 1. The molecule has 1 fully saturated rings. The average molecular weight is 492 g/mol. The Balaban J connectivity index is 0.00000141. The van der Waals surface area contributed by atoms with E-state index < -0.39 is 11.2 Å². The Kier molecular flexibility index (Phi) is 8.57. The standard InChI is InChI=1S/C26H29N4O2S.C2H6/c1-33(32)24-4-2-3-21(15-24)25-17-28-30-18-22(16-27-26(25)30)20-7-5-19(6-8-20)9-12-29-13-10-23(31)11-14-29;1-2/h2-8,15-18,23,31-32H,9-14H2,1H3;1-2H3/q+1;. The largest absolute Gasteiger partial charge is 0.393 e. The number of aromatic nitrogens is 3. The van der Waals surface area contributed by atoms with Crippen molar-refractivity contribution in [2.75, 3.05) is 25.9 Å². The average Bonchev–Trinajstić information content (AvgIpc) is 3.33. The molecule has 0 spiro atoms. The summed E-state index contributed by atoms with van der Waals surface area (Å²) < 4.78 is 11.8. The number of aliphatic hydroxyl groups is 1. The highest BCUT2D eigenvalue weighted by atomic mass is 32.2. The van der Waals surface area contributed by atoms with E-state index in [0.29, 0.717) is 0 Å². The van der Waals surface area contributed by atoms with Crippen LogP contribution >= 0.6 is 0 Å². The number of benzene rings is 2. The molecule has 35 heavy (non-hydrogen) atoms. The third kappa shape index (κ3) is 6.11. The fraction of sp³-hybridized carbons (Fsp3) is 0.357. The highest BCUT2D eigenvalue weighted by Crippen LogP contribution is 2.27. The summed E-state index contributed by atoms with van der Waals surface area (Å²) in [6.45, 7) is 7.01. The van der Waals surface area contributed by atoms with Gasteiger partial charge in [0.1, 0.15) is 6.26 Å². The fourth-order valence-corrected chi connectivity index (χ4v) is 4.94. The van der Waals surface area contributed by atoms with Crippen molar-refractivity contribution in [1.82, 2.24) is 19.5 Å². The van der Waals surface area contributed by atoms with Gasteiger partial charge >= 0.3 is 0 Å². The molecule has 2 N–H and O–H groups in total. The zero-order chi connectivity index (χ0) is 24.8. The van der Waals surface area contributed by atoms with E-state index in [2.05, 4.69) is 34.3 Å². The van der Waals surface area contributed by atoms with Gasteiger partial charge in [-0.15, -0.1) is 0 Å². The molecule has 1 atom stereocenters. The van der Waals surface area contributed by atoms with Crippen LogP contribution in [0.4, 0.5) is 0 Å². The first-order valence-electron chi connectivity index (χ1n) is 12.4. The van der Waals surface area contributed by atoms with E-state index in [1.165, 1.54) is 5.56 Å². The molecule has 0 bridgehead atoms. The summed E-state index contributed by atoms with van der Waals surface area (Å²) >= 11 is -0.780. The van der Waals surface area contributed by atoms with Gasteiger partial charge in [-0.2, -0.15) is 9.65 Å². The smallest absolute Gasteiger partial charge is 0.190 e. The molecule has 2 aromatic carbocycles. The minimum absolute atomic E-state index is 0.118. The lowest BCUT2D eigenvalue weighted by Gasteiger charge is -2.29. The number of fused-ring (bicyclic) bond motifs is 1. The maximum Gasteiger partial charge on any atom is 0.190 e. The van der Waals surface area contributed by atoms with Gasteiger partial charge in [0.15, 0.2) is 21.7 Å². The summed E-state index contributed by atoms with van der Waals surface area (Å²) in [5.41, 5.74) is 6.21.